The third-order valence-corrected chi connectivity index (χ3v) is 13.8. The Morgan fingerprint density at radius 3 is 1.79 bits per heavy atom. The molecule has 3 saturated heterocycles. The standard InChI is InChI=1S/C57H62N6O10/c1-5-6-25-43-50(65)62-46(34(2)71-57(37-18-10-7-11-19-37,38-20-12-8-13-21-38)39-22-14-9-15-23-39)53(68)63-47-48(70-55-49(47)72-56(3,4)73-55)54(69)61-44(31-35-27-29-40(64)30-28-35)51(66)60-45(52(67)59-43)32-36-33-58-42-26-17-16-24-41(36)42/h7-24,26-30,33-34,43-49,55,58,64H,5-6,25,31-32H2,1-4H3,(H,59,67)(H,60,66)(H,61,69)(H,62,65)(H,63,68)/t34?,43-,44-,45+,46-,47+,48-,49?,55+/m0/s1. The SMILES string of the molecule is CCCC[C@@H]1NC(=O)[C@@H](Cc2c[nH]c3ccccc23)NC(=O)[C@H](Cc2ccc(O)cc2)NC(=O)[C@H]2O[C@@H]3OC(C)(C)OC3[C@@H]2NC(=O)[C@H](C(C)OC(c2ccccc2)(c2ccccc2)c2ccccc2)NC1=O. The second kappa shape index (κ2) is 21.8. The lowest BCUT2D eigenvalue weighted by atomic mass is 9.79. The molecule has 73 heavy (non-hydrogen) atoms. The highest BCUT2D eigenvalue weighted by Gasteiger charge is 2.58. The average Bonchev–Trinajstić information content (AvgIpc) is 4.05. The van der Waals surface area contributed by atoms with E-state index in [-0.39, 0.29) is 25.0 Å². The smallest absolute Gasteiger partial charge is 0.252 e. The number of phenols is 1. The Morgan fingerprint density at radius 1 is 0.630 bits per heavy atom. The van der Waals surface area contributed by atoms with Gasteiger partial charge in [0, 0.05) is 29.9 Å². The number of rotatable bonds is 13. The molecule has 3 aliphatic heterocycles. The fourth-order valence-corrected chi connectivity index (χ4v) is 10.1. The number of carbonyl (C=O) groups is 5. The van der Waals surface area contributed by atoms with Gasteiger partial charge in [-0.05, 0) is 73.2 Å². The van der Waals surface area contributed by atoms with Crippen LogP contribution in [0.2, 0.25) is 0 Å². The van der Waals surface area contributed by atoms with Gasteiger partial charge in [0.2, 0.25) is 23.6 Å². The van der Waals surface area contributed by atoms with Crippen molar-refractivity contribution in [2.45, 2.75) is 126 Å². The van der Waals surface area contributed by atoms with E-state index in [1.807, 2.05) is 122 Å². The van der Waals surface area contributed by atoms with E-state index in [0.717, 1.165) is 33.2 Å². The Morgan fingerprint density at radius 2 is 1.18 bits per heavy atom. The van der Waals surface area contributed by atoms with Gasteiger partial charge in [0.05, 0.1) is 12.1 Å². The van der Waals surface area contributed by atoms with Crippen LogP contribution in [0.25, 0.3) is 10.9 Å². The van der Waals surface area contributed by atoms with Crippen molar-refractivity contribution >= 4 is 40.4 Å². The summed E-state index contributed by atoms with van der Waals surface area (Å²) >= 11 is 0. The van der Waals surface area contributed by atoms with Crippen LogP contribution in [-0.4, -0.2) is 100 Å². The summed E-state index contributed by atoms with van der Waals surface area (Å²) in [6.45, 7) is 7.03. The predicted molar refractivity (Wildman–Crippen MR) is 271 cm³/mol. The van der Waals surface area contributed by atoms with Crippen molar-refractivity contribution in [2.75, 3.05) is 0 Å². The number of aromatic nitrogens is 1. The molecular formula is C57H62N6O10. The molecule has 0 saturated carbocycles. The molecule has 4 heterocycles. The number of H-pyrrole nitrogens is 1. The minimum absolute atomic E-state index is 0.00165. The van der Waals surface area contributed by atoms with E-state index in [4.69, 9.17) is 18.9 Å². The lowest BCUT2D eigenvalue weighted by molar-refractivity contribution is -0.208. The van der Waals surface area contributed by atoms with E-state index in [2.05, 4.69) is 31.6 Å². The minimum atomic E-state index is -1.48. The van der Waals surface area contributed by atoms with Crippen molar-refractivity contribution in [3.63, 3.8) is 0 Å². The van der Waals surface area contributed by atoms with Crippen LogP contribution >= 0.6 is 0 Å². The topological polar surface area (TPSA) is 218 Å². The van der Waals surface area contributed by atoms with Crippen LogP contribution in [-0.2, 0) is 61.4 Å². The zero-order chi connectivity index (χ0) is 51.3. The number of phenolic OH excluding ortho intramolecular Hbond substituents is 1. The molecule has 0 bridgehead atoms. The maximum Gasteiger partial charge on any atom is 0.252 e. The second-order valence-corrected chi connectivity index (χ2v) is 19.4. The van der Waals surface area contributed by atoms with Crippen LogP contribution < -0.4 is 26.6 Å². The van der Waals surface area contributed by atoms with Gasteiger partial charge >= 0.3 is 0 Å². The van der Waals surface area contributed by atoms with Crippen molar-refractivity contribution in [3.8, 4) is 5.75 Å². The zero-order valence-electron chi connectivity index (χ0n) is 41.2. The molecule has 380 valence electrons. The maximum absolute atomic E-state index is 15.4. The van der Waals surface area contributed by atoms with Gasteiger partial charge in [-0.15, -0.1) is 0 Å². The fraction of sp³-hybridized carbons (Fsp3) is 0.351. The number of fused-ring (bicyclic) bond motifs is 4. The number of carbonyl (C=O) groups excluding carboxylic acids is 5. The molecule has 2 unspecified atom stereocenters. The first-order chi connectivity index (χ1) is 35.2. The summed E-state index contributed by atoms with van der Waals surface area (Å²) in [4.78, 5) is 78.2. The number of amides is 5. The predicted octanol–water partition coefficient (Wildman–Crippen LogP) is 5.56. The van der Waals surface area contributed by atoms with Crippen molar-refractivity contribution in [3.05, 3.63) is 174 Å². The summed E-state index contributed by atoms with van der Waals surface area (Å²) in [5.41, 5.74) is 3.03. The number of aromatic hydroxyl groups is 1. The van der Waals surface area contributed by atoms with Crippen LogP contribution in [0.1, 0.15) is 74.8 Å². The molecule has 3 fully saturated rings. The normalized spacial score (nSPS) is 25.1. The molecule has 1 aromatic heterocycles. The first-order valence-corrected chi connectivity index (χ1v) is 24.9. The number of nitrogens with one attached hydrogen (secondary N) is 6. The Bertz CT molecular complexity index is 2800. The van der Waals surface area contributed by atoms with Gasteiger partial charge in [-0.25, -0.2) is 0 Å². The number of hydrogen-bond acceptors (Lipinski definition) is 10. The molecule has 0 spiro atoms. The molecule has 16 nitrogen and oxygen atoms in total. The summed E-state index contributed by atoms with van der Waals surface area (Å²) in [5.74, 6) is -4.74. The molecule has 9 atom stereocenters. The molecule has 9 rings (SSSR count). The zero-order valence-corrected chi connectivity index (χ0v) is 41.2. The summed E-state index contributed by atoms with van der Waals surface area (Å²) < 4.78 is 26.1. The molecular weight excluding hydrogens is 929 g/mol. The molecule has 5 amide bonds. The molecule has 5 aromatic carbocycles. The second-order valence-electron chi connectivity index (χ2n) is 19.4. The van der Waals surface area contributed by atoms with Crippen molar-refractivity contribution < 1.29 is 48.0 Å². The number of unbranched alkanes of at least 4 members (excludes halogenated alkanes) is 1. The fourth-order valence-electron chi connectivity index (χ4n) is 10.1. The number of hydrogen-bond donors (Lipinski definition) is 7. The summed E-state index contributed by atoms with van der Waals surface area (Å²) in [7, 11) is 0. The minimum Gasteiger partial charge on any atom is -0.508 e. The number of para-hydroxylation sites is 1. The highest BCUT2D eigenvalue weighted by Crippen LogP contribution is 2.42. The Balaban J connectivity index is 1.15. The van der Waals surface area contributed by atoms with Gasteiger partial charge in [0.25, 0.3) is 5.91 Å². The molecule has 7 N–H and O–H groups in total. The van der Waals surface area contributed by atoms with E-state index in [1.54, 1.807) is 39.1 Å². The molecule has 16 heteroatoms. The van der Waals surface area contributed by atoms with Crippen LogP contribution in [0.15, 0.2) is 146 Å². The molecule has 6 aromatic rings. The van der Waals surface area contributed by atoms with Crippen LogP contribution in [0, 0.1) is 0 Å². The molecule has 0 radical (unpaired) electrons. The average molecular weight is 991 g/mol. The van der Waals surface area contributed by atoms with E-state index < -0.39 is 95.7 Å². The summed E-state index contributed by atoms with van der Waals surface area (Å²) in [6.07, 6.45) is -1.65. The summed E-state index contributed by atoms with van der Waals surface area (Å²) in [6, 6.07) is 36.1. The monoisotopic (exact) mass is 990 g/mol. The Kier molecular flexibility index (Phi) is 15.1. The number of ether oxygens (including phenoxy) is 4. The van der Waals surface area contributed by atoms with Gasteiger partial charge in [-0.1, -0.05) is 141 Å². The lowest BCUT2D eigenvalue weighted by Gasteiger charge is -2.40. The lowest BCUT2D eigenvalue weighted by Crippen LogP contribution is -2.64. The molecule has 0 aliphatic carbocycles. The van der Waals surface area contributed by atoms with E-state index in [9.17, 15) is 19.5 Å². The first-order valence-electron chi connectivity index (χ1n) is 24.9. The van der Waals surface area contributed by atoms with Crippen molar-refractivity contribution in [2.24, 2.45) is 0 Å². The van der Waals surface area contributed by atoms with E-state index >= 15 is 9.59 Å². The van der Waals surface area contributed by atoms with Crippen molar-refractivity contribution in [1.82, 2.24) is 31.6 Å². The van der Waals surface area contributed by atoms with E-state index in [1.165, 1.54) is 12.1 Å². The van der Waals surface area contributed by atoms with Gasteiger partial charge < -0.3 is 55.6 Å². The first kappa shape index (κ1) is 50.6. The number of benzene rings is 5. The highest BCUT2D eigenvalue weighted by atomic mass is 16.8. The van der Waals surface area contributed by atoms with Gasteiger partial charge in [-0.3, -0.25) is 24.0 Å². The Labute approximate surface area is 423 Å². The van der Waals surface area contributed by atoms with Crippen LogP contribution in [0.3, 0.4) is 0 Å². The van der Waals surface area contributed by atoms with Crippen molar-refractivity contribution in [1.29, 1.82) is 0 Å². The van der Waals surface area contributed by atoms with Gasteiger partial charge in [-0.2, -0.15) is 0 Å². The quantitative estimate of drug-likeness (QED) is 0.0715. The van der Waals surface area contributed by atoms with Crippen LogP contribution in [0.4, 0.5) is 0 Å². The largest absolute Gasteiger partial charge is 0.508 e. The van der Waals surface area contributed by atoms with Gasteiger partial charge in [0.15, 0.2) is 18.2 Å². The third-order valence-electron chi connectivity index (χ3n) is 13.8. The summed E-state index contributed by atoms with van der Waals surface area (Å²) in [5, 5.41) is 25.7. The Hall–Kier alpha value is -7.37. The molecule has 3 aliphatic rings. The highest BCUT2D eigenvalue weighted by molar-refractivity contribution is 5.97. The van der Waals surface area contributed by atoms with Crippen LogP contribution in [0.5, 0.6) is 5.75 Å². The third kappa shape index (κ3) is 11.0. The van der Waals surface area contributed by atoms with Gasteiger partial charge in [0.1, 0.15) is 41.6 Å². The number of aromatic amines is 1. The van der Waals surface area contributed by atoms with E-state index in [0.29, 0.717) is 18.4 Å². The maximum atomic E-state index is 15.4.